The molecule has 2 rings (SSSR count). The first-order valence-corrected chi connectivity index (χ1v) is 9.72. The van der Waals surface area contributed by atoms with Gasteiger partial charge < -0.3 is 4.74 Å². The topological polar surface area (TPSA) is 9.23 Å². The van der Waals surface area contributed by atoms with Crippen molar-refractivity contribution in [1.82, 2.24) is 0 Å². The molecule has 0 N–H and O–H groups in total. The van der Waals surface area contributed by atoms with Crippen molar-refractivity contribution in [2.45, 2.75) is 83.7 Å². The van der Waals surface area contributed by atoms with E-state index in [1.54, 1.807) is 0 Å². The average Bonchev–Trinajstić information content (AvgIpc) is 2.57. The van der Waals surface area contributed by atoms with Crippen LogP contribution in [0.5, 0.6) is 0 Å². The molecule has 126 valence electrons. The molecule has 0 atom stereocenters. The number of hydrogen-bond acceptors (Lipinski definition) is 1. The van der Waals surface area contributed by atoms with Crippen LogP contribution in [0.2, 0.25) is 0 Å². The molecule has 0 aromatic rings. The summed E-state index contributed by atoms with van der Waals surface area (Å²) in [5.74, 6) is 2.87. The molecular weight excluding hydrogens is 268 g/mol. The van der Waals surface area contributed by atoms with Gasteiger partial charge in [0.15, 0.2) is 0 Å². The molecule has 2 saturated carbocycles. The van der Waals surface area contributed by atoms with Gasteiger partial charge in [-0.25, -0.2) is 0 Å². The second-order valence-corrected chi connectivity index (χ2v) is 7.38. The van der Waals surface area contributed by atoms with Gasteiger partial charge in [-0.15, -0.1) is 6.58 Å². The summed E-state index contributed by atoms with van der Waals surface area (Å²) in [4.78, 5) is 0. The van der Waals surface area contributed by atoms with Crippen molar-refractivity contribution in [3.8, 4) is 0 Å². The normalized spacial score (nSPS) is 33.1. The summed E-state index contributed by atoms with van der Waals surface area (Å²) in [5, 5.41) is 0. The highest BCUT2D eigenvalue weighted by atomic mass is 16.5. The van der Waals surface area contributed by atoms with Crippen LogP contribution < -0.4 is 0 Å². The van der Waals surface area contributed by atoms with Crippen LogP contribution in [0.1, 0.15) is 77.6 Å². The van der Waals surface area contributed by atoms with Gasteiger partial charge in [0.1, 0.15) is 0 Å². The van der Waals surface area contributed by atoms with Crippen molar-refractivity contribution in [2.75, 3.05) is 6.61 Å². The van der Waals surface area contributed by atoms with Gasteiger partial charge in [0, 0.05) is 0 Å². The van der Waals surface area contributed by atoms with E-state index in [9.17, 15) is 0 Å². The van der Waals surface area contributed by atoms with Gasteiger partial charge in [0.05, 0.1) is 12.7 Å². The van der Waals surface area contributed by atoms with Crippen molar-refractivity contribution in [2.24, 2.45) is 17.8 Å². The fraction of sp³-hybridized carbons (Fsp3) is 0.810. The molecule has 0 heterocycles. The Morgan fingerprint density at radius 1 is 0.909 bits per heavy atom. The van der Waals surface area contributed by atoms with E-state index in [4.69, 9.17) is 4.74 Å². The van der Waals surface area contributed by atoms with Crippen molar-refractivity contribution >= 4 is 0 Å². The minimum Gasteiger partial charge on any atom is -0.378 e. The number of ether oxygens (including phenoxy) is 1. The van der Waals surface area contributed by atoms with Crippen molar-refractivity contribution in [1.29, 1.82) is 0 Å². The molecule has 22 heavy (non-hydrogen) atoms. The Morgan fingerprint density at radius 2 is 1.55 bits per heavy atom. The molecule has 0 amide bonds. The summed E-state index contributed by atoms with van der Waals surface area (Å²) in [5.41, 5.74) is 0. The molecule has 0 aromatic carbocycles. The van der Waals surface area contributed by atoms with Crippen molar-refractivity contribution in [3.63, 3.8) is 0 Å². The zero-order valence-electron chi connectivity index (χ0n) is 14.6. The standard InChI is InChI=1S/C21H36O/c1-3-5-7-8-18-9-11-19(12-10-18)20-13-15-21(16-14-20)22-17-6-4-2/h4,7-8,18-21H,2-3,5-6,9-17H2,1H3. The van der Waals surface area contributed by atoms with Crippen LogP contribution >= 0.6 is 0 Å². The summed E-state index contributed by atoms with van der Waals surface area (Å²) in [7, 11) is 0. The van der Waals surface area contributed by atoms with Crippen LogP contribution in [0.3, 0.4) is 0 Å². The van der Waals surface area contributed by atoms with Crippen molar-refractivity contribution < 1.29 is 4.74 Å². The lowest BCUT2D eigenvalue weighted by atomic mass is 9.70. The molecule has 0 bridgehead atoms. The van der Waals surface area contributed by atoms with Crippen LogP contribution in [-0.2, 0) is 4.74 Å². The molecular formula is C21H36O. The highest BCUT2D eigenvalue weighted by Gasteiger charge is 2.30. The lowest BCUT2D eigenvalue weighted by Gasteiger charge is -2.37. The highest BCUT2D eigenvalue weighted by Crippen LogP contribution is 2.40. The van der Waals surface area contributed by atoms with Gasteiger partial charge >= 0.3 is 0 Å². The Balaban J connectivity index is 1.63. The Morgan fingerprint density at radius 3 is 2.14 bits per heavy atom. The van der Waals surface area contributed by atoms with E-state index in [2.05, 4.69) is 25.7 Å². The van der Waals surface area contributed by atoms with E-state index in [1.807, 2.05) is 6.08 Å². The number of allylic oxidation sites excluding steroid dienone is 2. The van der Waals surface area contributed by atoms with E-state index in [-0.39, 0.29) is 0 Å². The molecule has 0 aliphatic heterocycles. The Hall–Kier alpha value is -0.560. The molecule has 0 spiro atoms. The van der Waals surface area contributed by atoms with Gasteiger partial charge in [0.2, 0.25) is 0 Å². The molecule has 0 aromatic heterocycles. The maximum atomic E-state index is 5.95. The SMILES string of the molecule is C=CCCOC1CCC(C2CCC(C=CCCC)CC2)CC1. The van der Waals surface area contributed by atoms with Gasteiger partial charge in [-0.1, -0.05) is 31.6 Å². The van der Waals surface area contributed by atoms with Crippen LogP contribution in [0.4, 0.5) is 0 Å². The quantitative estimate of drug-likeness (QED) is 0.377. The maximum absolute atomic E-state index is 5.95. The van der Waals surface area contributed by atoms with Gasteiger partial charge in [0.25, 0.3) is 0 Å². The van der Waals surface area contributed by atoms with E-state index in [0.717, 1.165) is 30.8 Å². The minimum atomic E-state index is 0.532. The number of hydrogen-bond donors (Lipinski definition) is 0. The third-order valence-electron chi connectivity index (χ3n) is 5.74. The lowest BCUT2D eigenvalue weighted by molar-refractivity contribution is 0.00984. The fourth-order valence-electron chi connectivity index (χ4n) is 4.31. The van der Waals surface area contributed by atoms with Crippen molar-refractivity contribution in [3.05, 3.63) is 24.8 Å². The molecule has 1 nitrogen and oxygen atoms in total. The van der Waals surface area contributed by atoms with Gasteiger partial charge in [-0.2, -0.15) is 0 Å². The summed E-state index contributed by atoms with van der Waals surface area (Å²) in [6.07, 6.45) is 22.1. The lowest BCUT2D eigenvalue weighted by Crippen LogP contribution is -2.28. The Bertz CT molecular complexity index is 317. The molecule has 0 saturated heterocycles. The smallest absolute Gasteiger partial charge is 0.0575 e. The predicted octanol–water partition coefficient (Wildman–Crippen LogP) is 6.30. The van der Waals surface area contributed by atoms with E-state index >= 15 is 0 Å². The zero-order chi connectivity index (χ0) is 15.6. The molecule has 2 aliphatic rings. The zero-order valence-corrected chi connectivity index (χ0v) is 14.6. The fourth-order valence-corrected chi connectivity index (χ4v) is 4.31. The van der Waals surface area contributed by atoms with E-state index in [1.165, 1.54) is 64.2 Å². The monoisotopic (exact) mass is 304 g/mol. The molecule has 0 unspecified atom stereocenters. The summed E-state index contributed by atoms with van der Waals surface area (Å²) >= 11 is 0. The number of rotatable bonds is 8. The number of unbranched alkanes of at least 4 members (excludes halogenated alkanes) is 1. The predicted molar refractivity (Wildman–Crippen MR) is 96.0 cm³/mol. The molecule has 0 radical (unpaired) electrons. The highest BCUT2D eigenvalue weighted by molar-refractivity contribution is 4.92. The summed E-state index contributed by atoms with van der Waals surface area (Å²) < 4.78 is 5.95. The second kappa shape index (κ2) is 10.3. The van der Waals surface area contributed by atoms with Crippen LogP contribution in [0.25, 0.3) is 0 Å². The van der Waals surface area contributed by atoms with Gasteiger partial charge in [-0.05, 0) is 82.0 Å². The third-order valence-corrected chi connectivity index (χ3v) is 5.74. The van der Waals surface area contributed by atoms with Crippen LogP contribution in [0.15, 0.2) is 24.8 Å². The summed E-state index contributed by atoms with van der Waals surface area (Å²) in [6.45, 7) is 6.89. The maximum Gasteiger partial charge on any atom is 0.0575 e. The van der Waals surface area contributed by atoms with E-state index < -0.39 is 0 Å². The Kier molecular flexibility index (Phi) is 8.30. The van der Waals surface area contributed by atoms with Gasteiger partial charge in [-0.3, -0.25) is 0 Å². The summed E-state index contributed by atoms with van der Waals surface area (Å²) in [6, 6.07) is 0. The third kappa shape index (κ3) is 5.91. The van der Waals surface area contributed by atoms with Crippen LogP contribution in [0, 0.1) is 17.8 Å². The molecule has 2 aliphatic carbocycles. The first kappa shape index (κ1) is 17.8. The Labute approximate surface area is 138 Å². The largest absolute Gasteiger partial charge is 0.378 e. The minimum absolute atomic E-state index is 0.532. The average molecular weight is 305 g/mol. The molecule has 1 heteroatoms. The second-order valence-electron chi connectivity index (χ2n) is 7.38. The van der Waals surface area contributed by atoms with Crippen LogP contribution in [-0.4, -0.2) is 12.7 Å². The first-order valence-electron chi connectivity index (χ1n) is 9.72. The molecule has 2 fully saturated rings. The first-order chi connectivity index (χ1) is 10.8. The van der Waals surface area contributed by atoms with E-state index in [0.29, 0.717) is 6.10 Å².